The van der Waals surface area contributed by atoms with Crippen LogP contribution < -0.4 is 0 Å². The predicted molar refractivity (Wildman–Crippen MR) is 84.1 cm³/mol. The minimum absolute atomic E-state index is 0.0449. The maximum atomic E-state index is 11.4. The average Bonchev–Trinajstić information content (AvgIpc) is 2.86. The first-order chi connectivity index (χ1) is 9.87. The third-order valence-electron chi connectivity index (χ3n) is 2.92. The molecule has 1 unspecified atom stereocenters. The van der Waals surface area contributed by atoms with Gasteiger partial charge in [0.1, 0.15) is 14.5 Å². The van der Waals surface area contributed by atoms with Crippen LogP contribution in [0, 0.1) is 17.4 Å². The third kappa shape index (κ3) is 9.08. The summed E-state index contributed by atoms with van der Waals surface area (Å²) >= 11 is 0. The molecule has 0 radical (unpaired) electrons. The zero-order chi connectivity index (χ0) is 15.7. The van der Waals surface area contributed by atoms with Gasteiger partial charge in [-0.25, -0.2) is 0 Å². The number of rotatable bonds is 6. The second kappa shape index (κ2) is 8.68. The second-order valence-electron chi connectivity index (χ2n) is 6.16. The molecule has 0 aromatic carbocycles. The van der Waals surface area contributed by atoms with Crippen molar-refractivity contribution >= 4 is 20.0 Å². The Morgan fingerprint density at radius 3 is 2.57 bits per heavy atom. The molecule has 0 saturated heterocycles. The molecule has 0 aromatic rings. The summed E-state index contributed by atoms with van der Waals surface area (Å²) < 4.78 is 9.92. The quantitative estimate of drug-likeness (QED) is 0.249. The van der Waals surface area contributed by atoms with Crippen molar-refractivity contribution in [2.24, 2.45) is 5.92 Å². The summed E-state index contributed by atoms with van der Waals surface area (Å²) in [6.07, 6.45) is 7.00. The van der Waals surface area contributed by atoms with E-state index in [0.29, 0.717) is 12.5 Å². The summed E-state index contributed by atoms with van der Waals surface area (Å²) in [6, 6.07) is 0. The van der Waals surface area contributed by atoms with Crippen LogP contribution in [-0.2, 0) is 19.1 Å². The van der Waals surface area contributed by atoms with Crippen LogP contribution in [-0.4, -0.2) is 33.2 Å². The fourth-order valence-corrected chi connectivity index (χ4v) is 2.50. The molecule has 0 saturated carbocycles. The number of carbonyl (C=O) groups excluding carboxylic acids is 2. The van der Waals surface area contributed by atoms with E-state index in [-0.39, 0.29) is 13.0 Å². The maximum absolute atomic E-state index is 11.4. The van der Waals surface area contributed by atoms with Crippen LogP contribution in [0.15, 0.2) is 12.2 Å². The van der Waals surface area contributed by atoms with E-state index in [1.165, 1.54) is 0 Å². The lowest BCUT2D eigenvalue weighted by Gasteiger charge is -2.08. The van der Waals surface area contributed by atoms with Gasteiger partial charge in [-0.3, -0.25) is 9.59 Å². The molecule has 1 rings (SSSR count). The number of allylic oxidation sites excluding steroid dienone is 2. The topological polar surface area (TPSA) is 52.6 Å². The van der Waals surface area contributed by atoms with Gasteiger partial charge >= 0.3 is 11.9 Å². The van der Waals surface area contributed by atoms with Gasteiger partial charge in [-0.1, -0.05) is 37.7 Å². The van der Waals surface area contributed by atoms with Crippen LogP contribution in [0.25, 0.3) is 0 Å². The molecular weight excluding hydrogens is 284 g/mol. The van der Waals surface area contributed by atoms with Crippen LogP contribution in [0.4, 0.5) is 0 Å². The number of hydrogen-bond donors (Lipinski definition) is 0. The monoisotopic (exact) mass is 308 g/mol. The van der Waals surface area contributed by atoms with E-state index >= 15 is 0 Å². The Hall–Kier alpha value is -1.54. The van der Waals surface area contributed by atoms with Gasteiger partial charge in [0.15, 0.2) is 6.61 Å². The fourth-order valence-electron chi connectivity index (χ4n) is 1.90. The van der Waals surface area contributed by atoms with Crippen molar-refractivity contribution in [1.29, 1.82) is 0 Å². The van der Waals surface area contributed by atoms with E-state index in [1.54, 1.807) is 0 Å². The van der Waals surface area contributed by atoms with E-state index in [1.807, 2.05) is 0 Å². The highest BCUT2D eigenvalue weighted by atomic mass is 28.3. The normalized spacial score (nSPS) is 17.0. The summed E-state index contributed by atoms with van der Waals surface area (Å²) in [5.74, 6) is 2.21. The molecule has 116 valence electrons. The number of carbonyl (C=O) groups is 2. The Bertz CT molecular complexity index is 451. The molecule has 0 spiro atoms. The molecule has 0 aliphatic heterocycles. The Morgan fingerprint density at radius 1 is 1.24 bits per heavy atom. The van der Waals surface area contributed by atoms with Gasteiger partial charge < -0.3 is 9.47 Å². The Balaban J connectivity index is 2.11. The Morgan fingerprint density at radius 2 is 1.95 bits per heavy atom. The van der Waals surface area contributed by atoms with Gasteiger partial charge in [-0.05, 0) is 25.2 Å². The lowest BCUT2D eigenvalue weighted by molar-refractivity contribution is -0.153. The Labute approximate surface area is 127 Å². The second-order valence-corrected chi connectivity index (χ2v) is 10.9. The largest absolute Gasteiger partial charge is 0.465 e. The third-order valence-corrected chi connectivity index (χ3v) is 3.85. The zero-order valence-electron chi connectivity index (χ0n) is 13.1. The fraction of sp³-hybridized carbons (Fsp3) is 0.625. The van der Waals surface area contributed by atoms with Crippen LogP contribution in [0.1, 0.15) is 25.7 Å². The lowest BCUT2D eigenvalue weighted by Crippen LogP contribution is -2.17. The molecule has 0 heterocycles. The number of ether oxygens (including phenoxy) is 2. The van der Waals surface area contributed by atoms with Crippen molar-refractivity contribution in [3.8, 4) is 11.5 Å². The van der Waals surface area contributed by atoms with Crippen LogP contribution >= 0.6 is 0 Å². The van der Waals surface area contributed by atoms with Crippen LogP contribution in [0.2, 0.25) is 19.6 Å². The van der Waals surface area contributed by atoms with Gasteiger partial charge in [0.25, 0.3) is 0 Å². The first-order valence-electron chi connectivity index (χ1n) is 7.35. The molecule has 5 heteroatoms. The molecular formula is C16H24O4Si. The summed E-state index contributed by atoms with van der Waals surface area (Å²) in [7, 11) is -1.44. The summed E-state index contributed by atoms with van der Waals surface area (Å²) in [4.78, 5) is 22.9. The number of esters is 2. The molecule has 0 N–H and O–H groups in total. The van der Waals surface area contributed by atoms with Crippen molar-refractivity contribution in [3.05, 3.63) is 12.2 Å². The highest BCUT2D eigenvalue weighted by molar-refractivity contribution is 6.83. The van der Waals surface area contributed by atoms with E-state index < -0.39 is 20.0 Å². The SMILES string of the molecule is C[Si](C)(C)C#CCOC(=O)CC(=O)OCCC1C=CCC1. The van der Waals surface area contributed by atoms with Gasteiger partial charge in [0.2, 0.25) is 0 Å². The van der Waals surface area contributed by atoms with Gasteiger partial charge in [-0.15, -0.1) is 5.54 Å². The zero-order valence-corrected chi connectivity index (χ0v) is 14.1. The first-order valence-corrected chi connectivity index (χ1v) is 10.8. The summed E-state index contributed by atoms with van der Waals surface area (Å²) in [5, 5.41) is 0. The Kier molecular flexibility index (Phi) is 7.24. The molecule has 0 fully saturated rings. The maximum Gasteiger partial charge on any atom is 0.318 e. The highest BCUT2D eigenvalue weighted by Crippen LogP contribution is 2.20. The van der Waals surface area contributed by atoms with E-state index in [0.717, 1.165) is 19.3 Å². The van der Waals surface area contributed by atoms with Crippen molar-refractivity contribution < 1.29 is 19.1 Å². The number of hydrogen-bond acceptors (Lipinski definition) is 4. The molecule has 1 aliphatic carbocycles. The van der Waals surface area contributed by atoms with Crippen molar-refractivity contribution in [3.63, 3.8) is 0 Å². The van der Waals surface area contributed by atoms with Gasteiger partial charge in [-0.2, -0.15) is 0 Å². The van der Waals surface area contributed by atoms with Crippen molar-refractivity contribution in [2.75, 3.05) is 13.2 Å². The standard InChI is InChI=1S/C16H24O4Si/c1-21(2,3)12-6-10-19-15(17)13-16(18)20-11-9-14-7-4-5-8-14/h4,7,14H,5,8-11,13H2,1-3H3. The summed E-state index contributed by atoms with van der Waals surface area (Å²) in [5.41, 5.74) is 3.09. The molecule has 1 aliphatic rings. The highest BCUT2D eigenvalue weighted by Gasteiger charge is 2.14. The van der Waals surface area contributed by atoms with Crippen molar-refractivity contribution in [1.82, 2.24) is 0 Å². The molecule has 0 amide bonds. The van der Waals surface area contributed by atoms with Crippen LogP contribution in [0.5, 0.6) is 0 Å². The molecule has 21 heavy (non-hydrogen) atoms. The molecule has 1 atom stereocenters. The minimum atomic E-state index is -1.44. The molecule has 0 aromatic heterocycles. The average molecular weight is 308 g/mol. The van der Waals surface area contributed by atoms with E-state index in [2.05, 4.69) is 43.3 Å². The minimum Gasteiger partial charge on any atom is -0.465 e. The van der Waals surface area contributed by atoms with Gasteiger partial charge in [0, 0.05) is 0 Å². The van der Waals surface area contributed by atoms with Crippen LogP contribution in [0.3, 0.4) is 0 Å². The van der Waals surface area contributed by atoms with E-state index in [9.17, 15) is 9.59 Å². The van der Waals surface area contributed by atoms with Crippen molar-refractivity contribution in [2.45, 2.75) is 45.3 Å². The lowest BCUT2D eigenvalue weighted by atomic mass is 10.1. The van der Waals surface area contributed by atoms with E-state index in [4.69, 9.17) is 9.47 Å². The summed E-state index contributed by atoms with van der Waals surface area (Å²) in [6.45, 7) is 6.73. The molecule has 0 bridgehead atoms. The first kappa shape index (κ1) is 17.5. The predicted octanol–water partition coefficient (Wildman–Crippen LogP) is 2.70. The smallest absolute Gasteiger partial charge is 0.318 e. The molecule has 4 nitrogen and oxygen atoms in total. The van der Waals surface area contributed by atoms with Gasteiger partial charge in [0.05, 0.1) is 6.61 Å².